The third-order valence-electron chi connectivity index (χ3n) is 5.94. The summed E-state index contributed by atoms with van der Waals surface area (Å²) in [5.41, 5.74) is 2.64. The second-order valence-electron chi connectivity index (χ2n) is 8.44. The Labute approximate surface area is 205 Å². The monoisotopic (exact) mass is 493 g/mol. The van der Waals surface area contributed by atoms with Gasteiger partial charge in [0.15, 0.2) is 0 Å². The molecule has 0 saturated carbocycles. The van der Waals surface area contributed by atoms with Crippen molar-refractivity contribution in [3.8, 4) is 11.4 Å². The number of aromatic nitrogens is 4. The minimum Gasteiger partial charge on any atom is -0.360 e. The fraction of sp³-hybridized carbons (Fsp3) is 0.292. The van der Waals surface area contributed by atoms with Crippen LogP contribution in [0.15, 0.2) is 47.6 Å². The number of carbonyl (C=O) groups is 2. The number of imide groups is 1. The summed E-state index contributed by atoms with van der Waals surface area (Å²) in [5, 5.41) is 5.29. The average molecular weight is 494 g/mol. The van der Waals surface area contributed by atoms with Crippen LogP contribution in [0.5, 0.6) is 0 Å². The molecule has 2 aliphatic heterocycles. The fourth-order valence-corrected chi connectivity index (χ4v) is 4.83. The lowest BCUT2D eigenvalue weighted by molar-refractivity contribution is -0.115. The topological polar surface area (TPSA) is 116 Å². The predicted molar refractivity (Wildman–Crippen MR) is 132 cm³/mol. The van der Waals surface area contributed by atoms with Crippen LogP contribution in [0.4, 0.5) is 15.1 Å². The first-order valence-electron chi connectivity index (χ1n) is 11.4. The Morgan fingerprint density at radius 1 is 1.20 bits per heavy atom. The quantitative estimate of drug-likeness (QED) is 0.429. The van der Waals surface area contributed by atoms with Gasteiger partial charge in [0.05, 0.1) is 27.7 Å². The standard InChI is InChI=1S/C24H24FN7O2S/c25-16-10-18(29-20(11-16)19-2-1-6-27-19)14-26-13-15-4-8-32(9-5-15)23-28-7-3-17(30-23)12-21-22(33)31-24(34)35-21/h1-3,6-7,10-12,15,26-27H,4-5,8-9,13-14H2,(H,31,33,34)/b21-12+. The molecule has 0 atom stereocenters. The van der Waals surface area contributed by atoms with Crippen molar-refractivity contribution in [2.75, 3.05) is 24.5 Å². The van der Waals surface area contributed by atoms with Gasteiger partial charge in [-0.3, -0.25) is 14.9 Å². The van der Waals surface area contributed by atoms with E-state index < -0.39 is 5.91 Å². The van der Waals surface area contributed by atoms with E-state index in [0.29, 0.717) is 40.4 Å². The minimum absolute atomic E-state index is 0.300. The van der Waals surface area contributed by atoms with E-state index in [-0.39, 0.29) is 11.1 Å². The smallest absolute Gasteiger partial charge is 0.290 e. The van der Waals surface area contributed by atoms with Gasteiger partial charge in [-0.15, -0.1) is 0 Å². The Kier molecular flexibility index (Phi) is 6.87. The first kappa shape index (κ1) is 23.2. The van der Waals surface area contributed by atoms with Gasteiger partial charge in [-0.2, -0.15) is 0 Å². The molecule has 0 bridgehead atoms. The Morgan fingerprint density at radius 2 is 2.06 bits per heavy atom. The SMILES string of the molecule is O=C1NC(=O)/C(=C\c2ccnc(N3CCC(CNCc4cc(F)cc(-c5ccc[nH]5)n4)CC3)n2)S1. The summed E-state index contributed by atoms with van der Waals surface area (Å²) in [6, 6.07) is 8.34. The van der Waals surface area contributed by atoms with E-state index in [4.69, 9.17) is 0 Å². The number of carbonyl (C=O) groups excluding carboxylic acids is 2. The van der Waals surface area contributed by atoms with Crippen molar-refractivity contribution in [1.82, 2.24) is 30.6 Å². The van der Waals surface area contributed by atoms with Gasteiger partial charge in [0, 0.05) is 38.1 Å². The van der Waals surface area contributed by atoms with Crippen LogP contribution < -0.4 is 15.5 Å². The molecule has 0 unspecified atom stereocenters. The fourth-order valence-electron chi connectivity index (χ4n) is 4.16. The van der Waals surface area contributed by atoms with Gasteiger partial charge in [-0.25, -0.2) is 19.3 Å². The highest BCUT2D eigenvalue weighted by molar-refractivity contribution is 8.18. The molecule has 2 fully saturated rings. The Balaban J connectivity index is 1.12. The van der Waals surface area contributed by atoms with Crippen molar-refractivity contribution < 1.29 is 14.0 Å². The number of amides is 2. The van der Waals surface area contributed by atoms with E-state index in [9.17, 15) is 14.0 Å². The maximum Gasteiger partial charge on any atom is 0.290 e. The van der Waals surface area contributed by atoms with Crippen molar-refractivity contribution in [3.63, 3.8) is 0 Å². The molecule has 0 aromatic carbocycles. The van der Waals surface area contributed by atoms with Gasteiger partial charge in [0.25, 0.3) is 11.1 Å². The largest absolute Gasteiger partial charge is 0.360 e. The van der Waals surface area contributed by atoms with E-state index in [0.717, 1.165) is 49.9 Å². The molecule has 180 valence electrons. The lowest BCUT2D eigenvalue weighted by Gasteiger charge is -2.32. The molecule has 2 aliphatic rings. The number of thioether (sulfide) groups is 1. The molecule has 0 spiro atoms. The Hall–Kier alpha value is -3.57. The van der Waals surface area contributed by atoms with Crippen LogP contribution in [-0.4, -0.2) is 50.7 Å². The number of rotatable bonds is 7. The number of nitrogens with zero attached hydrogens (tertiary/aromatic N) is 4. The van der Waals surface area contributed by atoms with Crippen molar-refractivity contribution >= 4 is 34.9 Å². The van der Waals surface area contributed by atoms with Crippen molar-refractivity contribution in [1.29, 1.82) is 0 Å². The molecule has 3 aromatic heterocycles. The maximum absolute atomic E-state index is 14.0. The van der Waals surface area contributed by atoms with Gasteiger partial charge in [0.2, 0.25) is 5.95 Å². The highest BCUT2D eigenvalue weighted by Gasteiger charge is 2.25. The highest BCUT2D eigenvalue weighted by atomic mass is 32.2. The molecular weight excluding hydrogens is 469 g/mol. The van der Waals surface area contributed by atoms with Crippen LogP contribution in [0.1, 0.15) is 24.2 Å². The van der Waals surface area contributed by atoms with Crippen LogP contribution in [0.25, 0.3) is 17.5 Å². The third-order valence-corrected chi connectivity index (χ3v) is 6.75. The van der Waals surface area contributed by atoms with E-state index in [1.165, 1.54) is 12.1 Å². The number of hydrogen-bond acceptors (Lipinski definition) is 8. The lowest BCUT2D eigenvalue weighted by atomic mass is 9.97. The molecule has 0 radical (unpaired) electrons. The number of anilines is 1. The molecule has 0 aliphatic carbocycles. The number of nitrogens with one attached hydrogen (secondary N) is 3. The number of H-pyrrole nitrogens is 1. The summed E-state index contributed by atoms with van der Waals surface area (Å²) >= 11 is 0.871. The molecular formula is C24H24FN7O2S. The molecule has 3 aromatic rings. The minimum atomic E-state index is -0.401. The first-order valence-corrected chi connectivity index (χ1v) is 12.2. The summed E-state index contributed by atoms with van der Waals surface area (Å²) in [5.74, 6) is 0.396. The summed E-state index contributed by atoms with van der Waals surface area (Å²) in [6.45, 7) is 2.95. The van der Waals surface area contributed by atoms with Crippen molar-refractivity contribution in [3.05, 3.63) is 64.8 Å². The van der Waals surface area contributed by atoms with E-state index in [1.807, 2.05) is 12.1 Å². The van der Waals surface area contributed by atoms with E-state index in [1.54, 1.807) is 24.5 Å². The summed E-state index contributed by atoms with van der Waals surface area (Å²) in [7, 11) is 0. The van der Waals surface area contributed by atoms with Crippen molar-refractivity contribution in [2.24, 2.45) is 5.92 Å². The summed E-state index contributed by atoms with van der Waals surface area (Å²) < 4.78 is 14.0. The molecule has 9 nitrogen and oxygen atoms in total. The molecule has 35 heavy (non-hydrogen) atoms. The average Bonchev–Trinajstić information content (AvgIpc) is 3.49. The molecule has 2 saturated heterocycles. The summed E-state index contributed by atoms with van der Waals surface area (Å²) in [6.07, 6.45) is 7.00. The van der Waals surface area contributed by atoms with Gasteiger partial charge >= 0.3 is 0 Å². The third kappa shape index (κ3) is 5.75. The van der Waals surface area contributed by atoms with Gasteiger partial charge < -0.3 is 15.2 Å². The molecule has 5 heterocycles. The number of aromatic amines is 1. The molecule has 11 heteroatoms. The zero-order valence-corrected chi connectivity index (χ0v) is 19.6. The first-order chi connectivity index (χ1) is 17.0. The van der Waals surface area contributed by atoms with E-state index >= 15 is 0 Å². The normalized spacial score (nSPS) is 17.9. The molecule has 5 rings (SSSR count). The van der Waals surface area contributed by atoms with Gasteiger partial charge in [0.1, 0.15) is 5.82 Å². The zero-order valence-electron chi connectivity index (χ0n) is 18.8. The number of hydrogen-bond donors (Lipinski definition) is 3. The Bertz CT molecular complexity index is 1260. The summed E-state index contributed by atoms with van der Waals surface area (Å²) in [4.78, 5) is 42.1. The zero-order chi connectivity index (χ0) is 24.2. The maximum atomic E-state index is 14.0. The predicted octanol–water partition coefficient (Wildman–Crippen LogP) is 3.34. The van der Waals surface area contributed by atoms with Crippen LogP contribution in [0.3, 0.4) is 0 Å². The van der Waals surface area contributed by atoms with Crippen LogP contribution >= 0.6 is 11.8 Å². The number of piperidine rings is 1. The number of halogens is 1. The lowest BCUT2D eigenvalue weighted by Crippen LogP contribution is -2.38. The van der Waals surface area contributed by atoms with E-state index in [2.05, 4.69) is 35.5 Å². The van der Waals surface area contributed by atoms with Crippen LogP contribution in [0.2, 0.25) is 0 Å². The second kappa shape index (κ2) is 10.4. The van der Waals surface area contributed by atoms with Crippen molar-refractivity contribution in [2.45, 2.75) is 19.4 Å². The highest BCUT2D eigenvalue weighted by Crippen LogP contribution is 2.26. The number of pyridine rings is 1. The molecule has 2 amide bonds. The van der Waals surface area contributed by atoms with Crippen LogP contribution in [0, 0.1) is 11.7 Å². The van der Waals surface area contributed by atoms with Gasteiger partial charge in [-0.05, 0) is 67.4 Å². The Morgan fingerprint density at radius 3 is 2.80 bits per heavy atom. The molecule has 3 N–H and O–H groups in total. The van der Waals surface area contributed by atoms with Gasteiger partial charge in [-0.1, -0.05) is 0 Å². The van der Waals surface area contributed by atoms with Crippen LogP contribution in [-0.2, 0) is 11.3 Å². The second-order valence-corrected chi connectivity index (χ2v) is 9.46.